The second kappa shape index (κ2) is 18.1. The topological polar surface area (TPSA) is 262 Å². The van der Waals surface area contributed by atoms with Gasteiger partial charge in [-0.1, -0.05) is 106 Å². The molecule has 1 aliphatic rings. The molecule has 1 atom stereocenters. The van der Waals surface area contributed by atoms with E-state index in [0.29, 0.717) is 22.3 Å². The van der Waals surface area contributed by atoms with Gasteiger partial charge in [0.2, 0.25) is 53.3 Å². The van der Waals surface area contributed by atoms with Crippen LogP contribution >= 0.6 is 0 Å². The first-order valence-corrected chi connectivity index (χ1v) is 31.7. The van der Waals surface area contributed by atoms with Crippen LogP contribution in [0.4, 0.5) is 0 Å². The number of nitrogens with zero attached hydrogens (tertiary/aromatic N) is 1. The molecular formula is C48H49NO15S7. The zero-order chi connectivity index (χ0) is 52.6. The molecule has 378 valence electrons. The van der Waals surface area contributed by atoms with E-state index in [1.165, 1.54) is 41.5 Å². The molecule has 0 aliphatic heterocycles. The summed E-state index contributed by atoms with van der Waals surface area (Å²) in [4.78, 5) is -12.1. The highest BCUT2D eigenvalue weighted by Crippen LogP contribution is 2.68. The van der Waals surface area contributed by atoms with Gasteiger partial charge in [0.05, 0.1) is 29.4 Å². The van der Waals surface area contributed by atoms with E-state index in [9.17, 15) is 13.0 Å². The van der Waals surface area contributed by atoms with Gasteiger partial charge in [0, 0.05) is 0 Å². The van der Waals surface area contributed by atoms with E-state index in [1.54, 1.807) is 0 Å². The van der Waals surface area contributed by atoms with E-state index in [-0.39, 0.29) is 11.1 Å². The van der Waals surface area contributed by atoms with Crippen molar-refractivity contribution in [2.24, 2.45) is 0 Å². The largest absolute Gasteiger partial charge is 0.351 e. The molecule has 0 bridgehead atoms. The van der Waals surface area contributed by atoms with Gasteiger partial charge in [0.15, 0.2) is 4.87 Å². The van der Waals surface area contributed by atoms with Gasteiger partial charge in [0.1, 0.15) is 0 Å². The smallest absolute Gasteiger partial charge is 0.273 e. The van der Waals surface area contributed by atoms with Crippen molar-refractivity contribution in [3.63, 3.8) is 0 Å². The first-order chi connectivity index (χ1) is 32.8. The Morgan fingerprint density at radius 2 is 0.577 bits per heavy atom. The lowest BCUT2D eigenvalue weighted by Gasteiger charge is -2.59. The van der Waals surface area contributed by atoms with E-state index in [0.717, 1.165) is 146 Å². The van der Waals surface area contributed by atoms with Crippen LogP contribution in [-0.4, -0.2) is 80.2 Å². The predicted octanol–water partition coefficient (Wildman–Crippen LogP) is 6.97. The maximum atomic E-state index is 17.2. The summed E-state index contributed by atoms with van der Waals surface area (Å²) >= 11 is 0. The fourth-order valence-electron chi connectivity index (χ4n) is 9.35. The second-order valence-corrected chi connectivity index (χ2v) is 32.1. The minimum Gasteiger partial charge on any atom is -0.273 e. The van der Waals surface area contributed by atoms with Crippen LogP contribution in [0.2, 0.25) is 0 Å². The summed E-state index contributed by atoms with van der Waals surface area (Å²) in [5.74, 6) is 0. The van der Waals surface area contributed by atoms with E-state index in [4.69, 9.17) is 0 Å². The normalized spacial score (nSPS) is 18.0. The van der Waals surface area contributed by atoms with Crippen molar-refractivity contribution in [1.29, 1.82) is 0 Å². The monoisotopic (exact) mass is 1100 g/mol. The Bertz CT molecular complexity index is 3720. The Hall–Kier alpha value is -5.11. The Morgan fingerprint density at radius 1 is 0.338 bits per heavy atom. The molecule has 71 heavy (non-hydrogen) atoms. The van der Waals surface area contributed by atoms with Gasteiger partial charge in [-0.2, -0.15) is 8.42 Å². The zero-order valence-electron chi connectivity index (χ0n) is 38.9. The van der Waals surface area contributed by atoms with Gasteiger partial charge >= 0.3 is 10.3 Å². The summed E-state index contributed by atoms with van der Waals surface area (Å²) in [6.45, 7) is 8.88. The zero-order valence-corrected chi connectivity index (χ0v) is 44.7. The van der Waals surface area contributed by atoms with Crippen LogP contribution in [0.5, 0.6) is 0 Å². The molecule has 0 saturated heterocycles. The third-order valence-corrected chi connectivity index (χ3v) is 31.6. The molecule has 0 amide bonds. The number of hydrogen-bond acceptors (Lipinski definition) is 14. The molecule has 1 saturated carbocycles. The minimum atomic E-state index is -7.04. The third-order valence-electron chi connectivity index (χ3n) is 12.8. The summed E-state index contributed by atoms with van der Waals surface area (Å²) < 4.78 is 231. The molecule has 0 heterocycles. The summed E-state index contributed by atoms with van der Waals surface area (Å²) in [6, 6.07) is 22.7. The standard InChI is InChI=1S/C48H49NO15S7/c1-34-8-20-40(21-9-34)65(50,51)46(49(71(62,63)64)70(60,61)45-30-18-39(6)19-31-45)32-7-33-47(66(52,53)41-22-10-35(2)11-23-41,67(54,55)42-24-12-36(3)13-25-42)48(46,68(56,57)43-26-14-37(4)15-27-43)69(58,59)44-28-16-38(5)17-29-44/h8-31H,7,32-33H2,1-6H3,(H,62,63,64). The first-order valence-electron chi connectivity index (χ1n) is 21.5. The van der Waals surface area contributed by atoms with Crippen molar-refractivity contribution in [2.45, 2.75) is 103 Å². The maximum absolute atomic E-state index is 17.2. The molecule has 0 spiro atoms. The lowest BCUT2D eigenvalue weighted by Crippen LogP contribution is -2.86. The van der Waals surface area contributed by atoms with Gasteiger partial charge in [-0.05, 0) is 137 Å². The van der Waals surface area contributed by atoms with Crippen LogP contribution < -0.4 is 0 Å². The number of sulfone groups is 5. The van der Waals surface area contributed by atoms with Crippen molar-refractivity contribution in [2.75, 3.05) is 0 Å². The fraction of sp³-hybridized carbons (Fsp3) is 0.250. The highest BCUT2D eigenvalue weighted by molar-refractivity contribution is 8.18. The fourth-order valence-corrected chi connectivity index (χ4v) is 31.0. The molecule has 1 fully saturated rings. The van der Waals surface area contributed by atoms with Crippen LogP contribution in [-0.2, 0) is 69.5 Å². The van der Waals surface area contributed by atoms with Crippen molar-refractivity contribution in [3.8, 4) is 0 Å². The van der Waals surface area contributed by atoms with Crippen LogP contribution in [0, 0.1) is 41.5 Å². The lowest BCUT2D eigenvalue weighted by molar-refractivity contribution is 0.226. The summed E-state index contributed by atoms with van der Waals surface area (Å²) in [5, 5.41) is 0. The Balaban J connectivity index is 2.01. The number of hydrogen-bond donors (Lipinski definition) is 1. The molecular weight excluding hydrogens is 1050 g/mol. The summed E-state index contributed by atoms with van der Waals surface area (Å²) in [7, 11) is -47.0. The molecule has 0 radical (unpaired) electrons. The van der Waals surface area contributed by atoms with Crippen molar-refractivity contribution in [1.82, 2.24) is 3.71 Å². The lowest BCUT2D eigenvalue weighted by atomic mass is 9.92. The number of aryl methyl sites for hydroxylation is 6. The molecule has 0 aromatic heterocycles. The highest BCUT2D eigenvalue weighted by Gasteiger charge is 2.93. The first kappa shape index (κ1) is 53.7. The van der Waals surface area contributed by atoms with Crippen molar-refractivity contribution >= 4 is 69.5 Å². The van der Waals surface area contributed by atoms with Crippen LogP contribution in [0.25, 0.3) is 0 Å². The SMILES string of the molecule is Cc1ccc(S(=O)(=O)N(C2(S(=O)(=O)c3ccc(C)cc3)CCCC(S(=O)(=O)c3ccc(C)cc3)(S(=O)(=O)c3ccc(C)cc3)C2(S(=O)(=O)c2ccc(C)cc2)S(=O)(=O)c2ccc(C)cc2)S(=O)(=O)O)cc1. The quantitative estimate of drug-likeness (QED) is 0.108. The summed E-state index contributed by atoms with van der Waals surface area (Å²) in [6.07, 6.45) is -4.71. The van der Waals surface area contributed by atoms with Crippen LogP contribution in [0.15, 0.2) is 175 Å². The molecule has 1 aliphatic carbocycles. The average Bonchev–Trinajstić information content (AvgIpc) is 3.29. The highest BCUT2D eigenvalue weighted by atomic mass is 32.3. The van der Waals surface area contributed by atoms with E-state index >= 15 is 50.5 Å². The maximum Gasteiger partial charge on any atom is 0.351 e. The van der Waals surface area contributed by atoms with Gasteiger partial charge in [-0.3, -0.25) is 4.55 Å². The predicted molar refractivity (Wildman–Crippen MR) is 266 cm³/mol. The molecule has 23 heteroatoms. The number of benzene rings is 6. The number of sulfonamides is 1. The van der Waals surface area contributed by atoms with E-state index in [2.05, 4.69) is 0 Å². The van der Waals surface area contributed by atoms with Gasteiger partial charge in [0.25, 0.3) is 14.1 Å². The molecule has 1 N–H and O–H groups in total. The van der Waals surface area contributed by atoms with Gasteiger partial charge in [-0.25, -0.2) is 50.5 Å². The Morgan fingerprint density at radius 3 is 0.845 bits per heavy atom. The van der Waals surface area contributed by atoms with Crippen molar-refractivity contribution in [3.05, 3.63) is 179 Å². The molecule has 6 aromatic carbocycles. The van der Waals surface area contributed by atoms with Crippen molar-refractivity contribution < 1.29 is 63.5 Å². The molecule has 1 unspecified atom stereocenters. The molecule has 7 rings (SSSR count). The minimum absolute atomic E-state index is 0.286. The number of rotatable bonds is 14. The summed E-state index contributed by atoms with van der Waals surface area (Å²) in [5.41, 5.74) is 1.93. The van der Waals surface area contributed by atoms with Crippen LogP contribution in [0.1, 0.15) is 52.6 Å². The average molecular weight is 1100 g/mol. The third kappa shape index (κ3) is 7.93. The molecule has 6 aromatic rings. The van der Waals surface area contributed by atoms with Gasteiger partial charge in [-0.15, -0.1) is 0 Å². The van der Waals surface area contributed by atoms with E-state index in [1.807, 2.05) is 0 Å². The Kier molecular flexibility index (Phi) is 13.7. The molecule has 16 nitrogen and oxygen atoms in total. The van der Waals surface area contributed by atoms with Crippen LogP contribution in [0.3, 0.4) is 0 Å². The van der Waals surface area contributed by atoms with E-state index < -0.39 is 135 Å². The Labute approximate surface area is 416 Å². The van der Waals surface area contributed by atoms with Gasteiger partial charge < -0.3 is 0 Å². The second-order valence-electron chi connectivity index (χ2n) is 17.6.